The molecule has 6 heteroatoms. The van der Waals surface area contributed by atoms with E-state index in [1.165, 1.54) is 24.1 Å². The van der Waals surface area contributed by atoms with Crippen LogP contribution in [0.25, 0.3) is 0 Å². The fourth-order valence-corrected chi connectivity index (χ4v) is 3.67. The van der Waals surface area contributed by atoms with Gasteiger partial charge in [-0.2, -0.15) is 0 Å². The molecule has 1 aliphatic carbocycles. The molecule has 1 amide bonds. The van der Waals surface area contributed by atoms with Crippen LogP contribution in [0.5, 0.6) is 0 Å². The Labute approximate surface area is 148 Å². The Morgan fingerprint density at radius 2 is 2.08 bits per heavy atom. The van der Waals surface area contributed by atoms with E-state index in [0.29, 0.717) is 12.5 Å². The van der Waals surface area contributed by atoms with Crippen molar-refractivity contribution in [3.05, 3.63) is 41.7 Å². The highest BCUT2D eigenvalue weighted by Crippen LogP contribution is 2.38. The first-order valence-corrected chi connectivity index (χ1v) is 9.14. The van der Waals surface area contributed by atoms with Crippen molar-refractivity contribution in [2.75, 3.05) is 18.5 Å². The third kappa shape index (κ3) is 3.25. The number of para-hydroxylation sites is 1. The highest BCUT2D eigenvalue weighted by Gasteiger charge is 2.30. The van der Waals surface area contributed by atoms with Crippen molar-refractivity contribution in [3.63, 3.8) is 0 Å². The fourth-order valence-electron chi connectivity index (χ4n) is 3.67. The SMILES string of the molecule is CCC1CN(C)c2ccccc2CN1C(=O)Cn1cc(C2CC2)nn1. The van der Waals surface area contributed by atoms with E-state index in [1.54, 1.807) is 4.68 Å². The Morgan fingerprint density at radius 1 is 1.28 bits per heavy atom. The van der Waals surface area contributed by atoms with Crippen LogP contribution in [-0.4, -0.2) is 45.4 Å². The van der Waals surface area contributed by atoms with Gasteiger partial charge in [-0.3, -0.25) is 4.79 Å². The van der Waals surface area contributed by atoms with Gasteiger partial charge in [0.2, 0.25) is 5.91 Å². The van der Waals surface area contributed by atoms with Crippen molar-refractivity contribution >= 4 is 11.6 Å². The number of amides is 1. The minimum Gasteiger partial charge on any atom is -0.372 e. The Balaban J connectivity index is 1.54. The first-order valence-electron chi connectivity index (χ1n) is 9.14. The first-order chi connectivity index (χ1) is 12.2. The van der Waals surface area contributed by atoms with E-state index >= 15 is 0 Å². The van der Waals surface area contributed by atoms with Gasteiger partial charge in [0.25, 0.3) is 0 Å². The zero-order valence-electron chi connectivity index (χ0n) is 14.9. The summed E-state index contributed by atoms with van der Waals surface area (Å²) in [4.78, 5) is 17.3. The Morgan fingerprint density at radius 3 is 2.84 bits per heavy atom. The van der Waals surface area contributed by atoms with Gasteiger partial charge >= 0.3 is 0 Å². The highest BCUT2D eigenvalue weighted by atomic mass is 16.2. The van der Waals surface area contributed by atoms with Gasteiger partial charge in [0.15, 0.2) is 0 Å². The maximum Gasteiger partial charge on any atom is 0.244 e. The fraction of sp³-hybridized carbons (Fsp3) is 0.526. The summed E-state index contributed by atoms with van der Waals surface area (Å²) in [5, 5.41) is 8.37. The number of aromatic nitrogens is 3. The molecule has 2 aromatic rings. The van der Waals surface area contributed by atoms with Crippen LogP contribution < -0.4 is 4.90 Å². The van der Waals surface area contributed by atoms with E-state index in [1.807, 2.05) is 17.2 Å². The second-order valence-electron chi connectivity index (χ2n) is 7.21. The van der Waals surface area contributed by atoms with E-state index in [-0.39, 0.29) is 18.5 Å². The van der Waals surface area contributed by atoms with Gasteiger partial charge in [-0.15, -0.1) is 5.10 Å². The van der Waals surface area contributed by atoms with Crippen LogP contribution in [0.3, 0.4) is 0 Å². The zero-order chi connectivity index (χ0) is 17.4. The Hall–Kier alpha value is -2.37. The molecule has 1 atom stereocenters. The first kappa shape index (κ1) is 16.1. The van der Waals surface area contributed by atoms with E-state index in [2.05, 4.69) is 47.4 Å². The van der Waals surface area contributed by atoms with E-state index in [4.69, 9.17) is 0 Å². The quantitative estimate of drug-likeness (QED) is 0.858. The lowest BCUT2D eigenvalue weighted by Gasteiger charge is -2.30. The Bertz CT molecular complexity index is 767. The molecule has 1 aliphatic heterocycles. The Kier molecular flexibility index (Phi) is 4.19. The summed E-state index contributed by atoms with van der Waals surface area (Å²) in [6.45, 7) is 3.92. The molecule has 1 aromatic heterocycles. The van der Waals surface area contributed by atoms with Gasteiger partial charge in [-0.25, -0.2) is 4.68 Å². The van der Waals surface area contributed by atoms with Crippen LogP contribution >= 0.6 is 0 Å². The number of benzene rings is 1. The number of carbonyl (C=O) groups excluding carboxylic acids is 1. The molecular formula is C19H25N5O. The molecule has 0 spiro atoms. The van der Waals surface area contributed by atoms with E-state index < -0.39 is 0 Å². The number of carbonyl (C=O) groups is 1. The van der Waals surface area contributed by atoms with Gasteiger partial charge in [0.1, 0.15) is 6.54 Å². The van der Waals surface area contributed by atoms with Gasteiger partial charge in [0, 0.05) is 44.0 Å². The topological polar surface area (TPSA) is 54.3 Å². The van der Waals surface area contributed by atoms with Crippen LogP contribution in [0, 0.1) is 0 Å². The molecule has 0 radical (unpaired) electrons. The molecule has 132 valence electrons. The van der Waals surface area contributed by atoms with Crippen molar-refractivity contribution in [2.24, 2.45) is 0 Å². The minimum atomic E-state index is 0.115. The van der Waals surface area contributed by atoms with Crippen LogP contribution in [0.2, 0.25) is 0 Å². The smallest absolute Gasteiger partial charge is 0.244 e. The molecule has 2 heterocycles. The van der Waals surface area contributed by atoms with Crippen molar-refractivity contribution in [1.29, 1.82) is 0 Å². The number of anilines is 1. The second-order valence-corrected chi connectivity index (χ2v) is 7.21. The van der Waals surface area contributed by atoms with E-state index in [0.717, 1.165) is 18.7 Å². The van der Waals surface area contributed by atoms with Crippen LogP contribution in [0.4, 0.5) is 5.69 Å². The molecule has 1 saturated carbocycles. The zero-order valence-corrected chi connectivity index (χ0v) is 14.9. The largest absolute Gasteiger partial charge is 0.372 e. The monoisotopic (exact) mass is 339 g/mol. The molecule has 6 nitrogen and oxygen atoms in total. The van der Waals surface area contributed by atoms with Crippen LogP contribution in [0.15, 0.2) is 30.5 Å². The maximum absolute atomic E-state index is 13.0. The number of fused-ring (bicyclic) bond motifs is 1. The summed E-state index contributed by atoms with van der Waals surface area (Å²) in [6, 6.07) is 8.56. The number of rotatable bonds is 4. The molecular weight excluding hydrogens is 314 g/mol. The molecule has 1 unspecified atom stereocenters. The number of hydrogen-bond donors (Lipinski definition) is 0. The lowest BCUT2D eigenvalue weighted by atomic mass is 10.1. The number of hydrogen-bond acceptors (Lipinski definition) is 4. The summed E-state index contributed by atoms with van der Waals surface area (Å²) < 4.78 is 1.70. The molecule has 25 heavy (non-hydrogen) atoms. The summed E-state index contributed by atoms with van der Waals surface area (Å²) in [5.41, 5.74) is 3.44. The predicted molar refractivity (Wildman–Crippen MR) is 96.3 cm³/mol. The highest BCUT2D eigenvalue weighted by molar-refractivity contribution is 5.77. The maximum atomic E-state index is 13.0. The average Bonchev–Trinajstić information content (AvgIpc) is 3.39. The van der Waals surface area contributed by atoms with Crippen molar-refractivity contribution in [3.8, 4) is 0 Å². The van der Waals surface area contributed by atoms with Gasteiger partial charge in [-0.1, -0.05) is 30.3 Å². The van der Waals surface area contributed by atoms with Crippen LogP contribution in [-0.2, 0) is 17.9 Å². The third-order valence-electron chi connectivity index (χ3n) is 5.31. The number of nitrogens with zero attached hydrogens (tertiary/aromatic N) is 5. The predicted octanol–water partition coefficient (Wildman–Crippen LogP) is 2.41. The minimum absolute atomic E-state index is 0.115. The van der Waals surface area contributed by atoms with Crippen molar-refractivity contribution in [1.82, 2.24) is 19.9 Å². The molecule has 0 saturated heterocycles. The average molecular weight is 339 g/mol. The molecule has 1 fully saturated rings. The summed E-state index contributed by atoms with van der Waals surface area (Å²) >= 11 is 0. The molecule has 1 aromatic carbocycles. The lowest BCUT2D eigenvalue weighted by molar-refractivity contribution is -0.134. The van der Waals surface area contributed by atoms with Gasteiger partial charge in [0.05, 0.1) is 5.69 Å². The normalized spacial score (nSPS) is 20.3. The third-order valence-corrected chi connectivity index (χ3v) is 5.31. The molecule has 4 rings (SSSR count). The lowest BCUT2D eigenvalue weighted by Crippen LogP contribution is -2.44. The van der Waals surface area contributed by atoms with Crippen LogP contribution in [0.1, 0.15) is 43.4 Å². The van der Waals surface area contributed by atoms with Gasteiger partial charge in [-0.05, 0) is 30.9 Å². The summed E-state index contributed by atoms with van der Waals surface area (Å²) in [7, 11) is 2.11. The molecule has 0 bridgehead atoms. The standard InChI is InChI=1S/C19H25N5O/c1-3-16-11-22(2)18-7-5-4-6-15(18)10-24(16)19(25)13-23-12-17(20-21-23)14-8-9-14/h4-7,12,14,16H,3,8-11,13H2,1-2H3. The second kappa shape index (κ2) is 6.50. The van der Waals surface area contributed by atoms with Crippen molar-refractivity contribution in [2.45, 2.75) is 51.2 Å². The summed E-state index contributed by atoms with van der Waals surface area (Å²) in [5.74, 6) is 0.676. The number of likely N-dealkylation sites (N-methyl/N-ethyl adjacent to an activating group) is 1. The molecule has 0 N–H and O–H groups in total. The van der Waals surface area contributed by atoms with Gasteiger partial charge < -0.3 is 9.80 Å². The summed E-state index contributed by atoms with van der Waals surface area (Å²) in [6.07, 6.45) is 5.27. The van der Waals surface area contributed by atoms with Crippen molar-refractivity contribution < 1.29 is 4.79 Å². The van der Waals surface area contributed by atoms with E-state index in [9.17, 15) is 4.79 Å². The molecule has 2 aliphatic rings.